The Labute approximate surface area is 194 Å². The summed E-state index contributed by atoms with van der Waals surface area (Å²) in [7, 11) is 0. The van der Waals surface area contributed by atoms with Crippen LogP contribution in [0.2, 0.25) is 0 Å². The van der Waals surface area contributed by atoms with Crippen LogP contribution in [0.3, 0.4) is 0 Å². The average Bonchev–Trinajstić information content (AvgIpc) is 3.20. The van der Waals surface area contributed by atoms with E-state index in [0.29, 0.717) is 34.7 Å². The van der Waals surface area contributed by atoms with E-state index in [0.717, 1.165) is 17.3 Å². The third kappa shape index (κ3) is 7.45. The van der Waals surface area contributed by atoms with Crippen LogP contribution in [0.25, 0.3) is 0 Å². The smallest absolute Gasteiger partial charge is 0.268 e. The monoisotopic (exact) mass is 477 g/mol. The Bertz CT molecular complexity index is 1100. The molecular formula is C23H26F3N5OS. The summed E-state index contributed by atoms with van der Waals surface area (Å²) in [4.78, 5) is 15.8. The lowest BCUT2D eigenvalue weighted by molar-refractivity contribution is 0.0955. The topological polar surface area (TPSA) is 116 Å². The molecule has 0 aliphatic heterocycles. The van der Waals surface area contributed by atoms with Gasteiger partial charge >= 0.3 is 0 Å². The van der Waals surface area contributed by atoms with Crippen molar-refractivity contribution in [3.8, 4) is 0 Å². The van der Waals surface area contributed by atoms with Crippen molar-refractivity contribution in [3.05, 3.63) is 69.1 Å². The number of halogens is 3. The number of carbonyl (C=O) groups excluding carboxylic acids is 1. The zero-order valence-corrected chi connectivity index (χ0v) is 19.4. The van der Waals surface area contributed by atoms with Crippen molar-refractivity contribution in [2.75, 3.05) is 6.54 Å². The molecule has 0 radical (unpaired) electrons. The second kappa shape index (κ2) is 11.6. The van der Waals surface area contributed by atoms with Crippen molar-refractivity contribution in [1.82, 2.24) is 10.3 Å². The predicted molar refractivity (Wildman–Crippen MR) is 126 cm³/mol. The van der Waals surface area contributed by atoms with E-state index in [9.17, 15) is 18.0 Å². The van der Waals surface area contributed by atoms with Crippen molar-refractivity contribution < 1.29 is 18.0 Å². The lowest BCUT2D eigenvalue weighted by Gasteiger charge is -2.13. The summed E-state index contributed by atoms with van der Waals surface area (Å²) in [5, 5.41) is 26.7. The number of H-pyrrole nitrogens is 1. The van der Waals surface area contributed by atoms with Gasteiger partial charge in [-0.1, -0.05) is 24.3 Å². The Morgan fingerprint density at radius 1 is 1.09 bits per heavy atom. The molecule has 176 valence electrons. The molecule has 0 aliphatic rings. The maximum absolute atomic E-state index is 13.9. The van der Waals surface area contributed by atoms with Gasteiger partial charge in [0.25, 0.3) is 5.91 Å². The van der Waals surface area contributed by atoms with Crippen molar-refractivity contribution in [2.45, 2.75) is 40.0 Å². The molecule has 33 heavy (non-hydrogen) atoms. The van der Waals surface area contributed by atoms with Crippen molar-refractivity contribution in [1.29, 1.82) is 16.2 Å². The number of carbonyl (C=O) groups is 1. The molecule has 1 heterocycles. The molecule has 2 aromatic rings. The van der Waals surface area contributed by atoms with Crippen LogP contribution in [-0.4, -0.2) is 33.9 Å². The number of hydrogen-bond donors (Lipinski definition) is 5. The third-order valence-corrected chi connectivity index (χ3v) is 5.93. The summed E-state index contributed by atoms with van der Waals surface area (Å²) >= 11 is 1.08. The lowest BCUT2D eigenvalue weighted by Crippen LogP contribution is -2.28. The Hall–Kier alpha value is -3.14. The molecule has 0 unspecified atom stereocenters. The van der Waals surface area contributed by atoms with Gasteiger partial charge in [0.05, 0.1) is 17.3 Å². The normalized spacial score (nSPS) is 11.7. The fraction of sp³-hybridized carbons (Fsp3) is 0.304. The Morgan fingerprint density at radius 2 is 1.73 bits per heavy atom. The van der Waals surface area contributed by atoms with Crippen LogP contribution in [0.4, 0.5) is 13.2 Å². The first-order chi connectivity index (χ1) is 15.5. The minimum atomic E-state index is -1.00. The molecule has 10 heteroatoms. The average molecular weight is 478 g/mol. The van der Waals surface area contributed by atoms with E-state index < -0.39 is 23.4 Å². The van der Waals surface area contributed by atoms with Crippen LogP contribution in [0, 0.1) is 33.7 Å². The first kappa shape index (κ1) is 26.1. The minimum Gasteiger partial charge on any atom is -0.357 e. The number of aromatic nitrogens is 1. The summed E-state index contributed by atoms with van der Waals surface area (Å²) in [6.07, 6.45) is 2.16. The highest BCUT2D eigenvalue weighted by atomic mass is 32.2. The summed E-state index contributed by atoms with van der Waals surface area (Å²) in [6, 6.07) is 2.64. The SMILES string of the molecule is CCC(C)=C(SC(=N)CNC(=O)c1cc(Cc2c(F)cc(F)cc2F)c[nH]1)C(=N)CC(C)=N. The molecule has 2 rings (SSSR count). The minimum absolute atomic E-state index is 0.0730. The first-order valence-corrected chi connectivity index (χ1v) is 11.0. The van der Waals surface area contributed by atoms with Crippen LogP contribution < -0.4 is 5.32 Å². The molecule has 1 aromatic carbocycles. The van der Waals surface area contributed by atoms with Gasteiger partial charge in [0.2, 0.25) is 0 Å². The van der Waals surface area contributed by atoms with E-state index in [1.807, 2.05) is 13.8 Å². The molecule has 5 N–H and O–H groups in total. The van der Waals surface area contributed by atoms with Crippen molar-refractivity contribution >= 4 is 34.1 Å². The van der Waals surface area contributed by atoms with Gasteiger partial charge < -0.3 is 21.1 Å². The van der Waals surface area contributed by atoms with Crippen LogP contribution in [0.1, 0.15) is 55.2 Å². The van der Waals surface area contributed by atoms with E-state index >= 15 is 0 Å². The fourth-order valence-corrected chi connectivity index (χ4v) is 3.85. The summed E-state index contributed by atoms with van der Waals surface area (Å²) in [5.74, 6) is -3.51. The Morgan fingerprint density at radius 3 is 2.30 bits per heavy atom. The van der Waals surface area contributed by atoms with Gasteiger partial charge in [-0.2, -0.15) is 0 Å². The zero-order valence-electron chi connectivity index (χ0n) is 18.6. The molecule has 1 amide bonds. The van der Waals surface area contributed by atoms with E-state index in [1.165, 1.54) is 12.3 Å². The molecular weight excluding hydrogens is 451 g/mol. The first-order valence-electron chi connectivity index (χ1n) is 10.2. The maximum atomic E-state index is 13.9. The second-order valence-corrected chi connectivity index (χ2v) is 8.66. The standard InChI is InChI=1S/C23H26F3N5OS/c1-4-12(2)22(19(28)5-13(3)27)33-21(29)11-31-23(32)20-7-14(10-30-20)6-16-17(25)8-15(24)9-18(16)26/h7-10,27-30H,4-6,11H2,1-3H3,(H,31,32). The Balaban J connectivity index is 1.99. The van der Waals surface area contributed by atoms with Crippen LogP contribution in [-0.2, 0) is 6.42 Å². The van der Waals surface area contributed by atoms with Crippen LogP contribution in [0.15, 0.2) is 34.9 Å². The maximum Gasteiger partial charge on any atom is 0.268 e. The molecule has 0 atom stereocenters. The molecule has 6 nitrogen and oxygen atoms in total. The molecule has 1 aromatic heterocycles. The van der Waals surface area contributed by atoms with Gasteiger partial charge in [0.15, 0.2) is 0 Å². The van der Waals surface area contributed by atoms with Gasteiger partial charge in [-0.25, -0.2) is 13.2 Å². The second-order valence-electron chi connectivity index (χ2n) is 7.55. The van der Waals surface area contributed by atoms with E-state index in [4.69, 9.17) is 16.2 Å². The number of thioether (sulfide) groups is 1. The van der Waals surface area contributed by atoms with Crippen LogP contribution in [0.5, 0.6) is 0 Å². The lowest BCUT2D eigenvalue weighted by atomic mass is 10.1. The number of amides is 1. The molecule has 0 spiro atoms. The summed E-state index contributed by atoms with van der Waals surface area (Å²) < 4.78 is 40.8. The van der Waals surface area contributed by atoms with Crippen molar-refractivity contribution in [2.24, 2.45) is 0 Å². The quantitative estimate of drug-likeness (QED) is 0.226. The Kier molecular flexibility index (Phi) is 9.22. The van der Waals surface area contributed by atoms with Gasteiger partial charge in [0, 0.05) is 47.4 Å². The van der Waals surface area contributed by atoms with Crippen LogP contribution >= 0.6 is 11.8 Å². The number of benzene rings is 1. The fourth-order valence-electron chi connectivity index (χ4n) is 2.94. The number of aromatic amines is 1. The third-order valence-electron chi connectivity index (χ3n) is 4.74. The molecule has 0 bridgehead atoms. The zero-order chi connectivity index (χ0) is 24.7. The molecule has 0 saturated carbocycles. The van der Waals surface area contributed by atoms with Gasteiger partial charge in [-0.3, -0.25) is 10.2 Å². The predicted octanol–water partition coefficient (Wildman–Crippen LogP) is 5.60. The number of hydrogen-bond acceptors (Lipinski definition) is 5. The molecule has 0 saturated heterocycles. The summed E-state index contributed by atoms with van der Waals surface area (Å²) in [5.41, 5.74) is 1.83. The highest BCUT2D eigenvalue weighted by Gasteiger charge is 2.17. The van der Waals surface area contributed by atoms with E-state index in [-0.39, 0.29) is 41.4 Å². The highest BCUT2D eigenvalue weighted by molar-refractivity contribution is 8.17. The number of rotatable bonds is 10. The van der Waals surface area contributed by atoms with E-state index in [2.05, 4.69) is 10.3 Å². The van der Waals surface area contributed by atoms with Gasteiger partial charge in [-0.15, -0.1) is 0 Å². The molecule has 0 fully saturated rings. The highest BCUT2D eigenvalue weighted by Crippen LogP contribution is 2.25. The number of nitrogens with one attached hydrogen (secondary N) is 5. The summed E-state index contributed by atoms with van der Waals surface area (Å²) in [6.45, 7) is 5.36. The van der Waals surface area contributed by atoms with Crippen molar-refractivity contribution in [3.63, 3.8) is 0 Å². The number of allylic oxidation sites excluding steroid dienone is 2. The molecule has 0 aliphatic carbocycles. The van der Waals surface area contributed by atoms with E-state index in [1.54, 1.807) is 6.92 Å². The van der Waals surface area contributed by atoms with Gasteiger partial charge in [-0.05, 0) is 31.9 Å². The van der Waals surface area contributed by atoms with Gasteiger partial charge in [0.1, 0.15) is 23.1 Å². The largest absolute Gasteiger partial charge is 0.357 e.